The van der Waals surface area contributed by atoms with E-state index in [4.69, 9.17) is 4.42 Å². The van der Waals surface area contributed by atoms with Crippen LogP contribution in [0.25, 0.3) is 0 Å². The SMILES string of the molecule is CCCNCCNC(=O)c1cc(S(=O)(=O)N2CCCC2)c(C)o1.Cl. The lowest BCUT2D eigenvalue weighted by Gasteiger charge is -2.14. The van der Waals surface area contributed by atoms with E-state index in [1.807, 2.05) is 0 Å². The van der Waals surface area contributed by atoms with Crippen LogP contribution in [0, 0.1) is 6.92 Å². The largest absolute Gasteiger partial charge is 0.455 e. The first kappa shape index (κ1) is 21.0. The molecule has 1 fully saturated rings. The van der Waals surface area contributed by atoms with E-state index >= 15 is 0 Å². The molecule has 0 radical (unpaired) electrons. The number of nitrogens with one attached hydrogen (secondary N) is 2. The number of nitrogens with zero attached hydrogens (tertiary/aromatic N) is 1. The van der Waals surface area contributed by atoms with E-state index in [0.717, 1.165) is 25.8 Å². The zero-order chi connectivity index (χ0) is 16.9. The Morgan fingerprint density at radius 2 is 1.92 bits per heavy atom. The number of furan rings is 1. The zero-order valence-electron chi connectivity index (χ0n) is 14.1. The third-order valence-electron chi connectivity index (χ3n) is 3.79. The Kier molecular flexibility index (Phi) is 8.21. The topological polar surface area (TPSA) is 91.6 Å². The first-order valence-corrected chi connectivity index (χ1v) is 9.50. The van der Waals surface area contributed by atoms with Crippen molar-refractivity contribution in [3.05, 3.63) is 17.6 Å². The van der Waals surface area contributed by atoms with Crippen LogP contribution in [0.1, 0.15) is 42.5 Å². The van der Waals surface area contributed by atoms with Crippen LogP contribution >= 0.6 is 12.4 Å². The molecule has 0 aliphatic carbocycles. The maximum atomic E-state index is 12.5. The molecule has 0 unspecified atom stereocenters. The Labute approximate surface area is 149 Å². The summed E-state index contributed by atoms with van der Waals surface area (Å²) in [6.45, 7) is 6.72. The van der Waals surface area contributed by atoms with Gasteiger partial charge in [0, 0.05) is 32.2 Å². The molecular formula is C15H26ClN3O4S. The van der Waals surface area contributed by atoms with Gasteiger partial charge in [0.25, 0.3) is 5.91 Å². The van der Waals surface area contributed by atoms with Crippen LogP contribution < -0.4 is 10.6 Å². The van der Waals surface area contributed by atoms with E-state index in [9.17, 15) is 13.2 Å². The van der Waals surface area contributed by atoms with Gasteiger partial charge >= 0.3 is 0 Å². The molecule has 138 valence electrons. The molecule has 9 heteroatoms. The van der Waals surface area contributed by atoms with Crippen molar-refractivity contribution in [2.24, 2.45) is 0 Å². The fourth-order valence-electron chi connectivity index (χ4n) is 2.55. The molecule has 1 aromatic heterocycles. The number of hydrogen-bond acceptors (Lipinski definition) is 5. The predicted octanol–water partition coefficient (Wildman–Crippen LogP) is 1.52. The summed E-state index contributed by atoms with van der Waals surface area (Å²) < 4.78 is 31.9. The summed E-state index contributed by atoms with van der Waals surface area (Å²) in [6, 6.07) is 1.33. The predicted molar refractivity (Wildman–Crippen MR) is 94.2 cm³/mol. The van der Waals surface area contributed by atoms with E-state index in [1.165, 1.54) is 10.4 Å². The number of amides is 1. The molecule has 1 aliphatic heterocycles. The highest BCUT2D eigenvalue weighted by molar-refractivity contribution is 7.89. The minimum atomic E-state index is -3.57. The molecule has 2 rings (SSSR count). The molecule has 0 bridgehead atoms. The van der Waals surface area contributed by atoms with Gasteiger partial charge in [0.1, 0.15) is 10.7 Å². The summed E-state index contributed by atoms with van der Waals surface area (Å²) in [6.07, 6.45) is 2.77. The van der Waals surface area contributed by atoms with Gasteiger partial charge in [-0.2, -0.15) is 4.31 Å². The van der Waals surface area contributed by atoms with Crippen molar-refractivity contribution in [1.82, 2.24) is 14.9 Å². The van der Waals surface area contributed by atoms with E-state index in [2.05, 4.69) is 17.6 Å². The second-order valence-corrected chi connectivity index (χ2v) is 7.55. The molecule has 1 aliphatic rings. The average Bonchev–Trinajstić information content (AvgIpc) is 3.16. The third-order valence-corrected chi connectivity index (χ3v) is 5.80. The van der Waals surface area contributed by atoms with Gasteiger partial charge in [-0.1, -0.05) is 6.92 Å². The third kappa shape index (κ3) is 4.95. The summed E-state index contributed by atoms with van der Waals surface area (Å²) in [4.78, 5) is 12.1. The molecule has 0 aromatic carbocycles. The standard InChI is InChI=1S/C15H25N3O4S.ClH/c1-3-6-16-7-8-17-15(19)13-11-14(12(2)22-13)23(20,21)18-9-4-5-10-18;/h11,16H,3-10H2,1-2H3,(H,17,19);1H. The van der Waals surface area contributed by atoms with Crippen LogP contribution in [-0.2, 0) is 10.0 Å². The van der Waals surface area contributed by atoms with Crippen molar-refractivity contribution < 1.29 is 17.6 Å². The lowest BCUT2D eigenvalue weighted by Crippen LogP contribution is -2.32. The number of halogens is 1. The van der Waals surface area contributed by atoms with E-state index in [-0.39, 0.29) is 28.8 Å². The summed E-state index contributed by atoms with van der Waals surface area (Å²) >= 11 is 0. The van der Waals surface area contributed by atoms with Gasteiger partial charge in [-0.05, 0) is 32.7 Å². The van der Waals surface area contributed by atoms with E-state index in [1.54, 1.807) is 6.92 Å². The fourth-order valence-corrected chi connectivity index (χ4v) is 4.23. The molecule has 0 saturated carbocycles. The summed E-state index contributed by atoms with van der Waals surface area (Å²) in [7, 11) is -3.57. The first-order valence-electron chi connectivity index (χ1n) is 8.06. The minimum absolute atomic E-state index is 0. The zero-order valence-corrected chi connectivity index (χ0v) is 15.8. The van der Waals surface area contributed by atoms with Crippen molar-refractivity contribution in [2.45, 2.75) is 38.0 Å². The Balaban J connectivity index is 0.00000288. The van der Waals surface area contributed by atoms with E-state index < -0.39 is 15.9 Å². The number of aryl methyl sites for hydroxylation is 1. The molecule has 2 heterocycles. The number of rotatable bonds is 8. The van der Waals surface area contributed by atoms with Gasteiger partial charge in [0.15, 0.2) is 5.76 Å². The molecular weight excluding hydrogens is 354 g/mol. The van der Waals surface area contributed by atoms with Crippen LogP contribution in [0.2, 0.25) is 0 Å². The Bertz CT molecular complexity index is 639. The van der Waals surface area contributed by atoms with Crippen molar-refractivity contribution in [3.63, 3.8) is 0 Å². The van der Waals surface area contributed by atoms with Gasteiger partial charge in [-0.15, -0.1) is 12.4 Å². The Morgan fingerprint density at radius 3 is 2.54 bits per heavy atom. The summed E-state index contributed by atoms with van der Waals surface area (Å²) in [5.41, 5.74) is 0. The van der Waals surface area contributed by atoms with Crippen molar-refractivity contribution in [1.29, 1.82) is 0 Å². The molecule has 0 spiro atoms. The normalized spacial score (nSPS) is 15.2. The minimum Gasteiger partial charge on any atom is -0.455 e. The van der Waals surface area contributed by atoms with Gasteiger partial charge in [-0.3, -0.25) is 4.79 Å². The summed E-state index contributed by atoms with van der Waals surface area (Å²) in [5.74, 6) is -0.101. The maximum absolute atomic E-state index is 12.5. The highest BCUT2D eigenvalue weighted by Gasteiger charge is 2.31. The molecule has 2 N–H and O–H groups in total. The fraction of sp³-hybridized carbons (Fsp3) is 0.667. The molecule has 1 aromatic rings. The second-order valence-electron chi connectivity index (χ2n) is 5.65. The van der Waals surface area contributed by atoms with E-state index in [0.29, 0.717) is 26.2 Å². The number of hydrogen-bond donors (Lipinski definition) is 2. The lowest BCUT2D eigenvalue weighted by atomic mass is 10.4. The van der Waals surface area contributed by atoms with Crippen LogP contribution in [0.5, 0.6) is 0 Å². The lowest BCUT2D eigenvalue weighted by molar-refractivity contribution is 0.0925. The number of carbonyl (C=O) groups is 1. The first-order chi connectivity index (χ1) is 11.0. The Hall–Kier alpha value is -1.09. The highest BCUT2D eigenvalue weighted by Crippen LogP contribution is 2.26. The van der Waals surface area contributed by atoms with Crippen LogP contribution in [0.3, 0.4) is 0 Å². The van der Waals surface area contributed by atoms with Crippen molar-refractivity contribution in [2.75, 3.05) is 32.7 Å². The molecule has 1 amide bonds. The number of sulfonamides is 1. The molecule has 24 heavy (non-hydrogen) atoms. The van der Waals surface area contributed by atoms with Gasteiger partial charge in [0.2, 0.25) is 10.0 Å². The molecule has 7 nitrogen and oxygen atoms in total. The van der Waals surface area contributed by atoms with Gasteiger partial charge in [0.05, 0.1) is 0 Å². The quantitative estimate of drug-likeness (QED) is 0.668. The number of carbonyl (C=O) groups excluding carboxylic acids is 1. The van der Waals surface area contributed by atoms with Crippen LogP contribution in [0.15, 0.2) is 15.4 Å². The summed E-state index contributed by atoms with van der Waals surface area (Å²) in [5, 5.41) is 5.89. The molecule has 1 saturated heterocycles. The van der Waals surface area contributed by atoms with Crippen LogP contribution in [0.4, 0.5) is 0 Å². The average molecular weight is 380 g/mol. The van der Waals surface area contributed by atoms with Crippen molar-refractivity contribution >= 4 is 28.3 Å². The smallest absolute Gasteiger partial charge is 0.287 e. The monoisotopic (exact) mass is 379 g/mol. The van der Waals surface area contributed by atoms with Crippen LogP contribution in [-0.4, -0.2) is 51.4 Å². The maximum Gasteiger partial charge on any atom is 0.287 e. The van der Waals surface area contributed by atoms with Gasteiger partial charge < -0.3 is 15.1 Å². The van der Waals surface area contributed by atoms with Crippen molar-refractivity contribution in [3.8, 4) is 0 Å². The second kappa shape index (κ2) is 9.41. The Morgan fingerprint density at radius 1 is 1.25 bits per heavy atom. The molecule has 0 atom stereocenters. The van der Waals surface area contributed by atoms with Gasteiger partial charge in [-0.25, -0.2) is 8.42 Å². The highest BCUT2D eigenvalue weighted by atomic mass is 35.5.